The van der Waals surface area contributed by atoms with Crippen molar-refractivity contribution in [2.24, 2.45) is 5.92 Å². The molecule has 3 rings (SSSR count). The molecular formula is C27H34ClFN2O. The second-order valence-electron chi connectivity index (χ2n) is 8.74. The molecule has 0 atom stereocenters. The van der Waals surface area contributed by atoms with Crippen LogP contribution >= 0.6 is 11.6 Å². The summed E-state index contributed by atoms with van der Waals surface area (Å²) in [5, 5.41) is 18.6. The highest BCUT2D eigenvalue weighted by Gasteiger charge is 2.17. The van der Waals surface area contributed by atoms with Crippen LogP contribution in [0.3, 0.4) is 0 Å². The van der Waals surface area contributed by atoms with Crippen LogP contribution in [0.15, 0.2) is 30.3 Å². The van der Waals surface area contributed by atoms with Crippen LogP contribution in [0.4, 0.5) is 10.1 Å². The molecular weight excluding hydrogens is 423 g/mol. The van der Waals surface area contributed by atoms with Crippen molar-refractivity contribution in [3.8, 4) is 6.07 Å². The summed E-state index contributed by atoms with van der Waals surface area (Å²) in [4.78, 5) is 0. The normalized spacial score (nSPS) is 18.5. The summed E-state index contributed by atoms with van der Waals surface area (Å²) in [7, 11) is 0. The maximum absolute atomic E-state index is 13.7. The molecule has 1 saturated carbocycles. The maximum Gasteiger partial charge on any atom is 0.147 e. The minimum atomic E-state index is -0.531. The fourth-order valence-corrected chi connectivity index (χ4v) is 4.19. The molecule has 2 aromatic carbocycles. The van der Waals surface area contributed by atoms with E-state index in [0.29, 0.717) is 11.1 Å². The van der Waals surface area contributed by atoms with Crippen LogP contribution in [0.5, 0.6) is 0 Å². The first-order valence-corrected chi connectivity index (χ1v) is 11.7. The number of nitrogen functional groups attached to an aromatic ring is 1. The number of aliphatic hydroxyl groups is 1. The number of halogens is 2. The number of unbranched alkanes of at least 4 members (excludes halogenated alkanes) is 1. The van der Waals surface area contributed by atoms with Gasteiger partial charge in [-0.1, -0.05) is 44.0 Å². The number of aliphatic hydroxyl groups excluding tert-OH is 1. The van der Waals surface area contributed by atoms with E-state index in [1.54, 1.807) is 6.07 Å². The van der Waals surface area contributed by atoms with Gasteiger partial charge in [0.2, 0.25) is 0 Å². The van der Waals surface area contributed by atoms with Crippen molar-refractivity contribution in [3.05, 3.63) is 69.0 Å². The molecule has 0 heterocycles. The smallest absolute Gasteiger partial charge is 0.147 e. The predicted molar refractivity (Wildman–Crippen MR) is 132 cm³/mol. The average Bonchev–Trinajstić information content (AvgIpc) is 2.77. The minimum Gasteiger partial charge on any atom is -0.395 e. The van der Waals surface area contributed by atoms with E-state index in [-0.39, 0.29) is 16.8 Å². The Labute approximate surface area is 196 Å². The number of benzene rings is 2. The first kappa shape index (κ1) is 25.9. The van der Waals surface area contributed by atoms with Gasteiger partial charge in [0.25, 0.3) is 0 Å². The topological polar surface area (TPSA) is 70.0 Å². The van der Waals surface area contributed by atoms with E-state index >= 15 is 0 Å². The number of nitrogens with two attached hydrogens (primary N) is 1. The third-order valence-corrected chi connectivity index (χ3v) is 6.43. The first-order chi connectivity index (χ1) is 15.2. The van der Waals surface area contributed by atoms with Crippen molar-refractivity contribution >= 4 is 22.9 Å². The lowest BCUT2D eigenvalue weighted by Gasteiger charge is -2.21. The van der Waals surface area contributed by atoms with Gasteiger partial charge in [0, 0.05) is 5.56 Å². The highest BCUT2D eigenvalue weighted by atomic mass is 35.5. The zero-order valence-electron chi connectivity index (χ0n) is 19.5. The molecule has 172 valence electrons. The summed E-state index contributed by atoms with van der Waals surface area (Å²) in [6.07, 6.45) is 8.40. The van der Waals surface area contributed by atoms with Crippen molar-refractivity contribution in [1.82, 2.24) is 0 Å². The highest BCUT2D eigenvalue weighted by molar-refractivity contribution is 6.35. The molecule has 1 aliphatic carbocycles. The molecule has 0 aromatic heterocycles. The lowest BCUT2D eigenvalue weighted by atomic mass is 9.89. The van der Waals surface area contributed by atoms with Gasteiger partial charge >= 0.3 is 0 Å². The Hall–Kier alpha value is -2.35. The SMILES string of the molecule is CC1CCC(O)CC1.CCC/C=C(\c1cc(C#N)c(C)cc1C)c1ccc(F)c(N)c1Cl. The monoisotopic (exact) mass is 456 g/mol. The predicted octanol–water partition coefficient (Wildman–Crippen LogP) is 7.34. The van der Waals surface area contributed by atoms with E-state index in [1.165, 1.54) is 18.9 Å². The fraction of sp³-hybridized carbons (Fsp3) is 0.444. The standard InChI is InChI=1S/C20H20ClFN2.C7H14O/c1-4-5-6-15(16-7-8-18(22)20(24)19(16)21)17-10-14(11-23)12(2)9-13(17)3;1-6-2-4-7(8)5-3-6/h6-10H,4-5,24H2,1-3H3;6-8H,2-5H2,1H3/b15-6-;. The fourth-order valence-electron chi connectivity index (χ4n) is 3.94. The van der Waals surface area contributed by atoms with Gasteiger partial charge in [0.15, 0.2) is 0 Å². The lowest BCUT2D eigenvalue weighted by molar-refractivity contribution is 0.112. The molecule has 1 fully saturated rings. The van der Waals surface area contributed by atoms with Crippen molar-refractivity contribution < 1.29 is 9.50 Å². The van der Waals surface area contributed by atoms with E-state index in [1.807, 2.05) is 26.0 Å². The highest BCUT2D eigenvalue weighted by Crippen LogP contribution is 2.36. The average molecular weight is 457 g/mol. The molecule has 2 aromatic rings. The van der Waals surface area contributed by atoms with Gasteiger partial charge in [-0.15, -0.1) is 0 Å². The molecule has 0 amide bonds. The van der Waals surface area contributed by atoms with Crippen LogP contribution in [0.2, 0.25) is 5.02 Å². The van der Waals surface area contributed by atoms with Gasteiger partial charge in [-0.25, -0.2) is 4.39 Å². The van der Waals surface area contributed by atoms with Gasteiger partial charge in [0.05, 0.1) is 28.4 Å². The number of nitrogens with zero attached hydrogens (tertiary/aromatic N) is 1. The number of nitriles is 1. The Balaban J connectivity index is 0.000000380. The summed E-state index contributed by atoms with van der Waals surface area (Å²) in [5.74, 6) is 0.329. The van der Waals surface area contributed by atoms with Crippen LogP contribution in [-0.4, -0.2) is 11.2 Å². The molecule has 1 aliphatic rings. The summed E-state index contributed by atoms with van der Waals surface area (Å²) >= 11 is 6.31. The van der Waals surface area contributed by atoms with E-state index in [4.69, 9.17) is 22.4 Å². The van der Waals surface area contributed by atoms with Crippen molar-refractivity contribution in [3.63, 3.8) is 0 Å². The van der Waals surface area contributed by atoms with Gasteiger partial charge in [-0.05, 0) is 92.3 Å². The molecule has 0 bridgehead atoms. The zero-order valence-corrected chi connectivity index (χ0v) is 20.3. The van der Waals surface area contributed by atoms with E-state index < -0.39 is 5.82 Å². The molecule has 0 aliphatic heterocycles. The summed E-state index contributed by atoms with van der Waals surface area (Å²) in [6, 6.07) is 9.02. The van der Waals surface area contributed by atoms with Crippen LogP contribution in [0.25, 0.3) is 5.57 Å². The Morgan fingerprint density at radius 2 is 1.84 bits per heavy atom. The first-order valence-electron chi connectivity index (χ1n) is 11.3. The van der Waals surface area contributed by atoms with E-state index in [9.17, 15) is 9.65 Å². The number of anilines is 1. The van der Waals surface area contributed by atoms with Crippen LogP contribution in [-0.2, 0) is 0 Å². The molecule has 32 heavy (non-hydrogen) atoms. The summed E-state index contributed by atoms with van der Waals surface area (Å²) in [5.41, 5.74) is 10.8. The van der Waals surface area contributed by atoms with Gasteiger partial charge in [0.1, 0.15) is 5.82 Å². The molecule has 3 N–H and O–H groups in total. The van der Waals surface area contributed by atoms with Crippen molar-refractivity contribution in [1.29, 1.82) is 5.26 Å². The quantitative estimate of drug-likeness (QED) is 0.472. The Bertz CT molecular complexity index is 992. The molecule has 5 heteroatoms. The zero-order chi connectivity index (χ0) is 23.8. The Morgan fingerprint density at radius 1 is 1.19 bits per heavy atom. The third kappa shape index (κ3) is 6.58. The van der Waals surface area contributed by atoms with Crippen LogP contribution in [0, 0.1) is 36.9 Å². The summed E-state index contributed by atoms with van der Waals surface area (Å²) < 4.78 is 13.7. The van der Waals surface area contributed by atoms with Crippen molar-refractivity contribution in [2.45, 2.75) is 72.3 Å². The van der Waals surface area contributed by atoms with Gasteiger partial charge < -0.3 is 10.8 Å². The number of hydrogen-bond acceptors (Lipinski definition) is 3. The summed E-state index contributed by atoms with van der Waals surface area (Å²) in [6.45, 7) is 8.24. The Kier molecular flexibility index (Phi) is 9.75. The third-order valence-electron chi connectivity index (χ3n) is 6.02. The van der Waals surface area contributed by atoms with Gasteiger partial charge in [-0.2, -0.15) is 5.26 Å². The maximum atomic E-state index is 13.7. The van der Waals surface area contributed by atoms with E-state index in [2.05, 4.69) is 26.0 Å². The number of aryl methyl sites for hydroxylation is 2. The molecule has 3 nitrogen and oxygen atoms in total. The molecule has 0 unspecified atom stereocenters. The molecule has 0 spiro atoms. The second-order valence-corrected chi connectivity index (χ2v) is 9.11. The number of allylic oxidation sites excluding steroid dienone is 1. The molecule has 0 radical (unpaired) electrons. The van der Waals surface area contributed by atoms with Crippen LogP contribution in [0.1, 0.15) is 80.2 Å². The minimum absolute atomic E-state index is 0.0196. The molecule has 0 saturated heterocycles. The number of rotatable bonds is 4. The lowest BCUT2D eigenvalue weighted by Crippen LogP contribution is -2.15. The van der Waals surface area contributed by atoms with Crippen molar-refractivity contribution in [2.75, 3.05) is 5.73 Å². The van der Waals surface area contributed by atoms with Gasteiger partial charge in [-0.3, -0.25) is 0 Å². The van der Waals surface area contributed by atoms with Crippen LogP contribution < -0.4 is 5.73 Å². The second kappa shape index (κ2) is 12.0. The number of hydrogen-bond donors (Lipinski definition) is 2. The largest absolute Gasteiger partial charge is 0.395 e. The van der Waals surface area contributed by atoms with E-state index in [0.717, 1.165) is 53.9 Å². The Morgan fingerprint density at radius 3 is 2.41 bits per heavy atom.